The summed E-state index contributed by atoms with van der Waals surface area (Å²) in [7, 11) is 0. The molecule has 1 heteroatoms. The second-order valence-corrected chi connectivity index (χ2v) is 3.37. The second kappa shape index (κ2) is 5.59. The van der Waals surface area contributed by atoms with Gasteiger partial charge in [0.25, 0.3) is 0 Å². The van der Waals surface area contributed by atoms with E-state index < -0.39 is 0 Å². The van der Waals surface area contributed by atoms with Crippen LogP contribution in [0.4, 0.5) is 0 Å². The molecule has 0 aliphatic heterocycles. The smallest absolute Gasteiger partial charge is 0.0805 e. The van der Waals surface area contributed by atoms with Gasteiger partial charge in [-0.25, -0.2) is 0 Å². The van der Waals surface area contributed by atoms with Crippen LogP contribution in [0, 0.1) is 12.0 Å². The summed E-state index contributed by atoms with van der Waals surface area (Å²) in [4.78, 5) is 0. The van der Waals surface area contributed by atoms with E-state index in [9.17, 15) is 0 Å². The van der Waals surface area contributed by atoms with Crippen LogP contribution in [-0.4, -0.2) is 6.61 Å². The summed E-state index contributed by atoms with van der Waals surface area (Å²) in [5.41, 5.74) is 0.489. The molecular weight excluding hydrogens is 136 g/mol. The molecule has 67 valence electrons. The molecule has 0 aromatic carbocycles. The third-order valence-corrected chi connectivity index (χ3v) is 2.70. The van der Waals surface area contributed by atoms with Gasteiger partial charge in [-0.05, 0) is 18.8 Å². The molecule has 0 aromatic rings. The summed E-state index contributed by atoms with van der Waals surface area (Å²) < 4.78 is 5.21. The minimum atomic E-state index is 0.489. The zero-order valence-electron chi connectivity index (χ0n) is 8.31. The lowest BCUT2D eigenvalue weighted by Crippen LogP contribution is -2.16. The van der Waals surface area contributed by atoms with E-state index in [1.165, 1.54) is 19.3 Å². The Balaban J connectivity index is 3.51. The first-order valence-electron chi connectivity index (χ1n) is 4.58. The lowest BCUT2D eigenvalue weighted by Gasteiger charge is -2.26. The summed E-state index contributed by atoms with van der Waals surface area (Å²) in [6, 6.07) is 0. The van der Waals surface area contributed by atoms with Crippen molar-refractivity contribution >= 4 is 0 Å². The Kier molecular flexibility index (Phi) is 5.57. The minimum absolute atomic E-state index is 0.489. The van der Waals surface area contributed by atoms with Crippen LogP contribution in [0.2, 0.25) is 0 Å². The van der Waals surface area contributed by atoms with E-state index in [1.54, 1.807) is 6.61 Å². The molecule has 0 heterocycles. The van der Waals surface area contributed by atoms with Gasteiger partial charge in [0.2, 0.25) is 0 Å². The number of ether oxygens (including phenoxy) is 1. The minimum Gasteiger partial charge on any atom is -0.376 e. The van der Waals surface area contributed by atoms with E-state index in [4.69, 9.17) is 4.74 Å². The summed E-state index contributed by atoms with van der Waals surface area (Å²) in [6.07, 6.45) is 3.66. The maximum Gasteiger partial charge on any atom is 0.0805 e. The van der Waals surface area contributed by atoms with Gasteiger partial charge < -0.3 is 4.74 Å². The highest BCUT2D eigenvalue weighted by Gasteiger charge is 2.18. The molecule has 0 fully saturated rings. The molecule has 0 unspecified atom stereocenters. The molecule has 0 aliphatic rings. The lowest BCUT2D eigenvalue weighted by molar-refractivity contribution is 0.142. The Labute approximate surface area is 71.1 Å². The van der Waals surface area contributed by atoms with Crippen LogP contribution in [0.1, 0.15) is 47.0 Å². The molecule has 11 heavy (non-hydrogen) atoms. The number of rotatable bonds is 6. The highest BCUT2D eigenvalue weighted by Crippen LogP contribution is 2.29. The van der Waals surface area contributed by atoms with Crippen molar-refractivity contribution in [1.82, 2.24) is 0 Å². The molecule has 0 bridgehead atoms. The van der Waals surface area contributed by atoms with Gasteiger partial charge in [-0.1, -0.05) is 33.6 Å². The van der Waals surface area contributed by atoms with Crippen molar-refractivity contribution in [2.75, 3.05) is 6.61 Å². The third-order valence-electron chi connectivity index (χ3n) is 2.70. The SMILES string of the molecule is C[CH]OCCC(C)(CC)CC. The molecule has 0 N–H and O–H groups in total. The predicted octanol–water partition coefficient (Wildman–Crippen LogP) is 3.40. The normalized spacial score (nSPS) is 12.0. The van der Waals surface area contributed by atoms with E-state index in [1.807, 2.05) is 6.92 Å². The topological polar surface area (TPSA) is 9.23 Å². The quantitative estimate of drug-likeness (QED) is 0.537. The van der Waals surface area contributed by atoms with Gasteiger partial charge in [0.05, 0.1) is 6.61 Å². The molecule has 0 saturated carbocycles. The maximum absolute atomic E-state index is 5.21. The van der Waals surface area contributed by atoms with Crippen molar-refractivity contribution < 1.29 is 4.74 Å². The molecule has 0 aliphatic carbocycles. The molecule has 0 rings (SSSR count). The first kappa shape index (κ1) is 11.0. The maximum atomic E-state index is 5.21. The monoisotopic (exact) mass is 157 g/mol. The van der Waals surface area contributed by atoms with E-state index in [0.717, 1.165) is 6.61 Å². The van der Waals surface area contributed by atoms with Crippen molar-refractivity contribution in [2.24, 2.45) is 5.41 Å². The zero-order valence-corrected chi connectivity index (χ0v) is 8.31. The fourth-order valence-corrected chi connectivity index (χ4v) is 1.03. The third kappa shape index (κ3) is 4.41. The Morgan fingerprint density at radius 2 is 1.82 bits per heavy atom. The van der Waals surface area contributed by atoms with Crippen molar-refractivity contribution in [2.45, 2.75) is 47.0 Å². The molecule has 0 spiro atoms. The standard InChI is InChI=1S/C10H21O/c1-5-10(4,6-2)8-9-11-7-3/h7H,5-6,8-9H2,1-4H3. The van der Waals surface area contributed by atoms with Gasteiger partial charge in [0.1, 0.15) is 0 Å². The van der Waals surface area contributed by atoms with Crippen molar-refractivity contribution in [3.8, 4) is 0 Å². The molecule has 0 amide bonds. The Morgan fingerprint density at radius 1 is 1.27 bits per heavy atom. The van der Waals surface area contributed by atoms with Gasteiger partial charge in [-0.15, -0.1) is 0 Å². The van der Waals surface area contributed by atoms with Crippen LogP contribution in [0.5, 0.6) is 0 Å². The average Bonchev–Trinajstić information content (AvgIpc) is 2.05. The zero-order chi connectivity index (χ0) is 8.74. The molecule has 0 atom stereocenters. The lowest BCUT2D eigenvalue weighted by atomic mass is 9.82. The van der Waals surface area contributed by atoms with Crippen LogP contribution >= 0.6 is 0 Å². The van der Waals surface area contributed by atoms with Crippen LogP contribution in [-0.2, 0) is 4.74 Å². The molecule has 0 aromatic heterocycles. The number of hydrogen-bond donors (Lipinski definition) is 0. The molecule has 0 saturated heterocycles. The average molecular weight is 157 g/mol. The van der Waals surface area contributed by atoms with Crippen molar-refractivity contribution in [3.05, 3.63) is 6.61 Å². The Bertz CT molecular complexity index is 84.9. The van der Waals surface area contributed by atoms with Gasteiger partial charge in [-0.3, -0.25) is 0 Å². The van der Waals surface area contributed by atoms with Gasteiger partial charge >= 0.3 is 0 Å². The van der Waals surface area contributed by atoms with Crippen LogP contribution < -0.4 is 0 Å². The summed E-state index contributed by atoms with van der Waals surface area (Å²) >= 11 is 0. The van der Waals surface area contributed by atoms with E-state index in [2.05, 4.69) is 20.8 Å². The Hall–Kier alpha value is -0.0400. The summed E-state index contributed by atoms with van der Waals surface area (Å²) in [6.45, 7) is 11.4. The fourth-order valence-electron chi connectivity index (χ4n) is 1.03. The predicted molar refractivity (Wildman–Crippen MR) is 49.2 cm³/mol. The second-order valence-electron chi connectivity index (χ2n) is 3.37. The summed E-state index contributed by atoms with van der Waals surface area (Å²) in [5, 5.41) is 0. The van der Waals surface area contributed by atoms with Gasteiger partial charge in [-0.2, -0.15) is 0 Å². The molecule has 1 nitrogen and oxygen atoms in total. The first-order chi connectivity index (χ1) is 5.18. The highest BCUT2D eigenvalue weighted by molar-refractivity contribution is 4.70. The number of hydrogen-bond acceptors (Lipinski definition) is 1. The Morgan fingerprint density at radius 3 is 2.18 bits per heavy atom. The highest BCUT2D eigenvalue weighted by atomic mass is 16.5. The van der Waals surface area contributed by atoms with Crippen LogP contribution in [0.15, 0.2) is 0 Å². The van der Waals surface area contributed by atoms with Crippen molar-refractivity contribution in [1.29, 1.82) is 0 Å². The van der Waals surface area contributed by atoms with Gasteiger partial charge in [0, 0.05) is 6.61 Å². The van der Waals surface area contributed by atoms with E-state index in [-0.39, 0.29) is 0 Å². The first-order valence-corrected chi connectivity index (χ1v) is 4.58. The molecule has 1 radical (unpaired) electrons. The fraction of sp³-hybridized carbons (Fsp3) is 0.900. The van der Waals surface area contributed by atoms with Crippen LogP contribution in [0.3, 0.4) is 0 Å². The largest absolute Gasteiger partial charge is 0.376 e. The molecular formula is C10H21O. The van der Waals surface area contributed by atoms with E-state index in [0.29, 0.717) is 5.41 Å². The van der Waals surface area contributed by atoms with E-state index >= 15 is 0 Å². The van der Waals surface area contributed by atoms with Crippen LogP contribution in [0.25, 0.3) is 0 Å². The van der Waals surface area contributed by atoms with Crippen molar-refractivity contribution in [3.63, 3.8) is 0 Å². The summed E-state index contributed by atoms with van der Waals surface area (Å²) in [5.74, 6) is 0. The van der Waals surface area contributed by atoms with Gasteiger partial charge in [0.15, 0.2) is 0 Å².